The number of anilines is 1. The SMILES string of the molecule is O=C1NCCCC1Nc1cccc([N+](=O)[O-])c1. The molecule has 0 saturated carbocycles. The molecule has 0 bridgehead atoms. The van der Waals surface area contributed by atoms with Gasteiger partial charge in [-0.1, -0.05) is 6.07 Å². The minimum absolute atomic E-state index is 0.0196. The van der Waals surface area contributed by atoms with E-state index in [2.05, 4.69) is 10.6 Å². The Labute approximate surface area is 98.2 Å². The van der Waals surface area contributed by atoms with Crippen molar-refractivity contribution in [3.8, 4) is 0 Å². The molecule has 1 atom stereocenters. The summed E-state index contributed by atoms with van der Waals surface area (Å²) in [5.74, 6) is -0.0530. The van der Waals surface area contributed by atoms with E-state index in [0.29, 0.717) is 12.2 Å². The summed E-state index contributed by atoms with van der Waals surface area (Å²) in [7, 11) is 0. The fourth-order valence-corrected chi connectivity index (χ4v) is 1.82. The first-order valence-electron chi connectivity index (χ1n) is 5.45. The number of piperidine rings is 1. The quantitative estimate of drug-likeness (QED) is 0.610. The van der Waals surface area contributed by atoms with E-state index < -0.39 is 4.92 Å². The lowest BCUT2D eigenvalue weighted by atomic mass is 10.1. The summed E-state index contributed by atoms with van der Waals surface area (Å²) in [4.78, 5) is 21.7. The third-order valence-corrected chi connectivity index (χ3v) is 2.68. The second-order valence-corrected chi connectivity index (χ2v) is 3.94. The molecule has 2 N–H and O–H groups in total. The van der Waals surface area contributed by atoms with Gasteiger partial charge in [0.1, 0.15) is 6.04 Å². The first-order chi connectivity index (χ1) is 8.16. The summed E-state index contributed by atoms with van der Waals surface area (Å²) >= 11 is 0. The Morgan fingerprint density at radius 1 is 1.47 bits per heavy atom. The molecule has 0 aromatic heterocycles. The monoisotopic (exact) mass is 235 g/mol. The van der Waals surface area contributed by atoms with Crippen LogP contribution in [0.4, 0.5) is 11.4 Å². The average molecular weight is 235 g/mol. The summed E-state index contributed by atoms with van der Waals surface area (Å²) in [6.45, 7) is 0.700. The van der Waals surface area contributed by atoms with Gasteiger partial charge in [-0.05, 0) is 18.9 Å². The molecule has 90 valence electrons. The van der Waals surface area contributed by atoms with Gasteiger partial charge in [0.15, 0.2) is 0 Å². The Morgan fingerprint density at radius 3 is 3.00 bits per heavy atom. The van der Waals surface area contributed by atoms with Crippen LogP contribution in [-0.2, 0) is 4.79 Å². The molecule has 0 radical (unpaired) electrons. The van der Waals surface area contributed by atoms with Crippen LogP contribution in [0, 0.1) is 10.1 Å². The second kappa shape index (κ2) is 4.82. The third-order valence-electron chi connectivity index (χ3n) is 2.68. The molecule has 1 aliphatic rings. The number of non-ortho nitro benzene ring substituents is 1. The predicted molar refractivity (Wildman–Crippen MR) is 62.8 cm³/mol. The lowest BCUT2D eigenvalue weighted by molar-refractivity contribution is -0.384. The van der Waals surface area contributed by atoms with Crippen LogP contribution < -0.4 is 10.6 Å². The molecule has 6 nitrogen and oxygen atoms in total. The number of rotatable bonds is 3. The van der Waals surface area contributed by atoms with Crippen molar-refractivity contribution in [3.05, 3.63) is 34.4 Å². The van der Waals surface area contributed by atoms with Gasteiger partial charge < -0.3 is 10.6 Å². The van der Waals surface area contributed by atoms with Crippen molar-refractivity contribution >= 4 is 17.3 Å². The van der Waals surface area contributed by atoms with E-state index in [9.17, 15) is 14.9 Å². The number of hydrogen-bond acceptors (Lipinski definition) is 4. The molecule has 1 aliphatic heterocycles. The average Bonchev–Trinajstić information content (AvgIpc) is 2.32. The number of nitrogens with zero attached hydrogens (tertiary/aromatic N) is 1. The van der Waals surface area contributed by atoms with Gasteiger partial charge in [0.25, 0.3) is 5.69 Å². The van der Waals surface area contributed by atoms with E-state index in [1.807, 2.05) is 0 Å². The lowest BCUT2D eigenvalue weighted by Crippen LogP contribution is -2.44. The van der Waals surface area contributed by atoms with Crippen LogP contribution in [0.5, 0.6) is 0 Å². The van der Waals surface area contributed by atoms with Crippen molar-refractivity contribution in [1.29, 1.82) is 0 Å². The van der Waals surface area contributed by atoms with Gasteiger partial charge in [-0.2, -0.15) is 0 Å². The van der Waals surface area contributed by atoms with Gasteiger partial charge in [0.2, 0.25) is 5.91 Å². The van der Waals surface area contributed by atoms with Gasteiger partial charge >= 0.3 is 0 Å². The molecule has 0 spiro atoms. The Morgan fingerprint density at radius 2 is 2.29 bits per heavy atom. The molecule has 1 heterocycles. The summed E-state index contributed by atoms with van der Waals surface area (Å²) in [6, 6.07) is 5.87. The number of carbonyl (C=O) groups excluding carboxylic acids is 1. The fourth-order valence-electron chi connectivity index (χ4n) is 1.82. The highest BCUT2D eigenvalue weighted by molar-refractivity contribution is 5.85. The first-order valence-corrected chi connectivity index (χ1v) is 5.45. The van der Waals surface area contributed by atoms with Crippen LogP contribution in [-0.4, -0.2) is 23.4 Å². The van der Waals surface area contributed by atoms with Crippen LogP contribution >= 0.6 is 0 Å². The topological polar surface area (TPSA) is 84.3 Å². The molecule has 1 saturated heterocycles. The van der Waals surface area contributed by atoms with Crippen molar-refractivity contribution in [3.63, 3.8) is 0 Å². The predicted octanol–water partition coefficient (Wildman–Crippen LogP) is 1.29. The highest BCUT2D eigenvalue weighted by Crippen LogP contribution is 2.19. The molecular weight excluding hydrogens is 222 g/mol. The zero-order valence-electron chi connectivity index (χ0n) is 9.18. The van der Waals surface area contributed by atoms with Crippen molar-refractivity contribution in [2.24, 2.45) is 0 Å². The highest BCUT2D eigenvalue weighted by Gasteiger charge is 2.21. The number of nitro groups is 1. The Kier molecular flexibility index (Phi) is 3.22. The first kappa shape index (κ1) is 11.4. The summed E-state index contributed by atoms with van der Waals surface area (Å²) < 4.78 is 0. The van der Waals surface area contributed by atoms with Crippen LogP contribution in [0.1, 0.15) is 12.8 Å². The maximum absolute atomic E-state index is 11.5. The molecule has 1 amide bonds. The molecule has 1 fully saturated rings. The Bertz CT molecular complexity index is 447. The smallest absolute Gasteiger partial charge is 0.271 e. The highest BCUT2D eigenvalue weighted by atomic mass is 16.6. The minimum Gasteiger partial charge on any atom is -0.373 e. The number of nitrogens with one attached hydrogen (secondary N) is 2. The van der Waals surface area contributed by atoms with Crippen molar-refractivity contribution in [2.45, 2.75) is 18.9 Å². The van der Waals surface area contributed by atoms with Gasteiger partial charge in [0.05, 0.1) is 4.92 Å². The second-order valence-electron chi connectivity index (χ2n) is 3.94. The van der Waals surface area contributed by atoms with Gasteiger partial charge in [-0.15, -0.1) is 0 Å². The number of nitro benzene ring substituents is 1. The van der Waals surface area contributed by atoms with E-state index in [0.717, 1.165) is 12.8 Å². The van der Waals surface area contributed by atoms with Gasteiger partial charge in [-0.25, -0.2) is 0 Å². The maximum Gasteiger partial charge on any atom is 0.271 e. The summed E-state index contributed by atoms with van der Waals surface area (Å²) in [6.07, 6.45) is 1.66. The molecule has 1 unspecified atom stereocenters. The van der Waals surface area contributed by atoms with Gasteiger partial charge in [-0.3, -0.25) is 14.9 Å². The molecule has 1 aromatic carbocycles. The van der Waals surface area contributed by atoms with Crippen molar-refractivity contribution in [1.82, 2.24) is 5.32 Å². The fraction of sp³-hybridized carbons (Fsp3) is 0.364. The zero-order chi connectivity index (χ0) is 12.3. The molecular formula is C11H13N3O3. The van der Waals surface area contributed by atoms with Crippen molar-refractivity contribution in [2.75, 3.05) is 11.9 Å². The molecule has 2 rings (SSSR count). The minimum atomic E-state index is -0.452. The Hall–Kier alpha value is -2.11. The largest absolute Gasteiger partial charge is 0.373 e. The maximum atomic E-state index is 11.5. The van der Waals surface area contributed by atoms with E-state index >= 15 is 0 Å². The molecule has 0 aliphatic carbocycles. The normalized spacial score (nSPS) is 19.5. The molecule has 6 heteroatoms. The number of benzene rings is 1. The van der Waals surface area contributed by atoms with Crippen LogP contribution in [0.3, 0.4) is 0 Å². The van der Waals surface area contributed by atoms with E-state index in [1.165, 1.54) is 12.1 Å². The van der Waals surface area contributed by atoms with E-state index in [4.69, 9.17) is 0 Å². The summed E-state index contributed by atoms with van der Waals surface area (Å²) in [5.41, 5.74) is 0.618. The standard InChI is InChI=1S/C11H13N3O3/c15-11-10(5-2-6-12-11)13-8-3-1-4-9(7-8)14(16)17/h1,3-4,7,10,13H,2,5-6H2,(H,12,15). The molecule has 1 aromatic rings. The molecule has 17 heavy (non-hydrogen) atoms. The third kappa shape index (κ3) is 2.72. The number of carbonyl (C=O) groups is 1. The van der Waals surface area contributed by atoms with Gasteiger partial charge in [0, 0.05) is 24.4 Å². The zero-order valence-corrected chi connectivity index (χ0v) is 9.18. The van der Waals surface area contributed by atoms with Crippen molar-refractivity contribution < 1.29 is 9.72 Å². The van der Waals surface area contributed by atoms with Crippen LogP contribution in [0.15, 0.2) is 24.3 Å². The number of hydrogen-bond donors (Lipinski definition) is 2. The van der Waals surface area contributed by atoms with E-state index in [1.54, 1.807) is 12.1 Å². The van der Waals surface area contributed by atoms with E-state index in [-0.39, 0.29) is 17.6 Å². The van der Waals surface area contributed by atoms with Crippen LogP contribution in [0.2, 0.25) is 0 Å². The lowest BCUT2D eigenvalue weighted by Gasteiger charge is -2.23. The summed E-state index contributed by atoms with van der Waals surface area (Å²) in [5, 5.41) is 16.4. The number of amides is 1. The van der Waals surface area contributed by atoms with Crippen LogP contribution in [0.25, 0.3) is 0 Å². The Balaban J connectivity index is 2.09.